The number of hydrogen-bond acceptors (Lipinski definition) is 5. The van der Waals surface area contributed by atoms with Gasteiger partial charge in [-0.1, -0.05) is 12.1 Å². The molecule has 2 amide bonds. The lowest BCUT2D eigenvalue weighted by Crippen LogP contribution is -2.41. The molecule has 0 spiro atoms. The highest BCUT2D eigenvalue weighted by molar-refractivity contribution is 9.10. The van der Waals surface area contributed by atoms with E-state index in [1.165, 1.54) is 6.07 Å². The van der Waals surface area contributed by atoms with E-state index < -0.39 is 11.8 Å². The van der Waals surface area contributed by atoms with Gasteiger partial charge in [0.25, 0.3) is 5.91 Å². The van der Waals surface area contributed by atoms with Crippen molar-refractivity contribution in [2.45, 2.75) is 6.61 Å². The quantitative estimate of drug-likeness (QED) is 0.591. The average molecular weight is 440 g/mol. The van der Waals surface area contributed by atoms with Crippen LogP contribution in [0.25, 0.3) is 0 Å². The van der Waals surface area contributed by atoms with Gasteiger partial charge in [0.2, 0.25) is 0 Å². The summed E-state index contributed by atoms with van der Waals surface area (Å²) in [6, 6.07) is 18.6. The minimum atomic E-state index is -0.593. The summed E-state index contributed by atoms with van der Waals surface area (Å²) in [6.45, 7) is 0.114. The zero-order valence-electron chi connectivity index (χ0n) is 14.4. The van der Waals surface area contributed by atoms with E-state index in [0.717, 1.165) is 0 Å². The number of carbonyl (C=O) groups excluding carboxylic acids is 2. The molecule has 3 rings (SSSR count). The van der Waals surface area contributed by atoms with Crippen LogP contribution in [0, 0.1) is 11.3 Å². The molecule has 28 heavy (non-hydrogen) atoms. The van der Waals surface area contributed by atoms with Crippen LogP contribution in [0.3, 0.4) is 0 Å². The van der Waals surface area contributed by atoms with Crippen molar-refractivity contribution in [2.24, 2.45) is 0 Å². The molecule has 0 radical (unpaired) electrons. The normalized spacial score (nSPS) is 10.0. The molecule has 0 aliphatic rings. The molecule has 0 saturated heterocycles. The van der Waals surface area contributed by atoms with Crippen molar-refractivity contribution in [3.63, 3.8) is 0 Å². The third-order valence-electron chi connectivity index (χ3n) is 3.66. The standard InChI is InChI=1S/C20H14BrN3O4/c21-17-4-2-1-3-16(17)19(25)23-24-20(26)18-10-9-15(28-18)12-27-14-7-5-13(11-22)6-8-14/h1-10H,12H2,(H,23,25)(H,24,26). The van der Waals surface area contributed by atoms with Crippen LogP contribution in [-0.2, 0) is 6.61 Å². The maximum Gasteiger partial charge on any atom is 0.305 e. The van der Waals surface area contributed by atoms with E-state index in [1.54, 1.807) is 54.6 Å². The SMILES string of the molecule is N#Cc1ccc(OCc2ccc(C(=O)NNC(=O)c3ccccc3Br)o2)cc1. The van der Waals surface area contributed by atoms with Crippen molar-refractivity contribution in [1.29, 1.82) is 5.26 Å². The second-order valence-electron chi connectivity index (χ2n) is 5.58. The molecule has 8 heteroatoms. The average Bonchev–Trinajstić information content (AvgIpc) is 3.20. The van der Waals surface area contributed by atoms with Gasteiger partial charge in [-0.25, -0.2) is 0 Å². The van der Waals surface area contributed by atoms with Gasteiger partial charge in [-0.15, -0.1) is 0 Å². The third kappa shape index (κ3) is 4.78. The summed E-state index contributed by atoms with van der Waals surface area (Å²) < 4.78 is 11.6. The van der Waals surface area contributed by atoms with Gasteiger partial charge in [0, 0.05) is 4.47 Å². The Morgan fingerprint density at radius 2 is 1.71 bits per heavy atom. The van der Waals surface area contributed by atoms with Crippen LogP contribution in [0.4, 0.5) is 0 Å². The molecule has 0 fully saturated rings. The van der Waals surface area contributed by atoms with Crippen LogP contribution in [0.5, 0.6) is 5.75 Å². The highest BCUT2D eigenvalue weighted by Gasteiger charge is 2.14. The van der Waals surface area contributed by atoms with Crippen molar-refractivity contribution >= 4 is 27.7 Å². The number of amides is 2. The molecule has 1 aromatic heterocycles. The predicted molar refractivity (Wildman–Crippen MR) is 103 cm³/mol. The van der Waals surface area contributed by atoms with Gasteiger partial charge in [0.15, 0.2) is 5.76 Å². The van der Waals surface area contributed by atoms with Gasteiger partial charge >= 0.3 is 5.91 Å². The van der Waals surface area contributed by atoms with Gasteiger partial charge in [-0.2, -0.15) is 5.26 Å². The third-order valence-corrected chi connectivity index (χ3v) is 4.35. The summed E-state index contributed by atoms with van der Waals surface area (Å²) in [4.78, 5) is 24.2. The van der Waals surface area contributed by atoms with Crippen molar-refractivity contribution in [1.82, 2.24) is 10.9 Å². The minimum Gasteiger partial charge on any atom is -0.486 e. The van der Waals surface area contributed by atoms with Crippen LogP contribution in [0.15, 0.2) is 69.6 Å². The van der Waals surface area contributed by atoms with Gasteiger partial charge < -0.3 is 9.15 Å². The Morgan fingerprint density at radius 1 is 1.00 bits per heavy atom. The second kappa shape index (κ2) is 8.88. The zero-order valence-corrected chi connectivity index (χ0v) is 16.0. The van der Waals surface area contributed by atoms with Gasteiger partial charge in [0.05, 0.1) is 17.2 Å². The lowest BCUT2D eigenvalue weighted by atomic mass is 10.2. The summed E-state index contributed by atoms with van der Waals surface area (Å²) in [5.74, 6) is -0.0126. The Balaban J connectivity index is 1.53. The largest absolute Gasteiger partial charge is 0.486 e. The monoisotopic (exact) mass is 439 g/mol. The van der Waals surface area contributed by atoms with Gasteiger partial charge in [0.1, 0.15) is 18.1 Å². The Bertz CT molecular complexity index is 1040. The Morgan fingerprint density at radius 3 is 2.43 bits per heavy atom. The Hall–Kier alpha value is -3.57. The molecule has 0 bridgehead atoms. The zero-order chi connectivity index (χ0) is 19.9. The van der Waals surface area contributed by atoms with Gasteiger partial charge in [-0.05, 0) is 64.5 Å². The van der Waals surface area contributed by atoms with E-state index in [0.29, 0.717) is 27.1 Å². The molecule has 0 aliphatic carbocycles. The van der Waals surface area contributed by atoms with Crippen molar-refractivity contribution in [3.8, 4) is 11.8 Å². The van der Waals surface area contributed by atoms with E-state index >= 15 is 0 Å². The first-order valence-corrected chi connectivity index (χ1v) is 8.93. The number of nitrogens with one attached hydrogen (secondary N) is 2. The number of benzene rings is 2. The van der Waals surface area contributed by atoms with Crippen LogP contribution >= 0.6 is 15.9 Å². The summed E-state index contributed by atoms with van der Waals surface area (Å²) in [7, 11) is 0. The number of hydrogen-bond donors (Lipinski definition) is 2. The summed E-state index contributed by atoms with van der Waals surface area (Å²) in [5.41, 5.74) is 5.55. The molecular formula is C20H14BrN3O4. The Kier molecular flexibility index (Phi) is 6.09. The maximum atomic E-state index is 12.1. The number of furan rings is 1. The number of halogens is 1. The molecule has 0 unspecified atom stereocenters. The van der Waals surface area contributed by atoms with Crippen LogP contribution in [-0.4, -0.2) is 11.8 Å². The number of nitrogens with zero attached hydrogens (tertiary/aromatic N) is 1. The van der Waals surface area contributed by atoms with Gasteiger partial charge in [-0.3, -0.25) is 20.4 Å². The molecule has 0 aliphatic heterocycles. The molecule has 3 aromatic rings. The minimum absolute atomic E-state index is 0.0332. The highest BCUT2D eigenvalue weighted by atomic mass is 79.9. The number of nitriles is 1. The summed E-state index contributed by atoms with van der Waals surface area (Å²) in [6.07, 6.45) is 0. The maximum absolute atomic E-state index is 12.1. The first kappa shape index (κ1) is 19.2. The smallest absolute Gasteiger partial charge is 0.305 e. The fourth-order valence-electron chi connectivity index (χ4n) is 2.25. The molecule has 7 nitrogen and oxygen atoms in total. The second-order valence-corrected chi connectivity index (χ2v) is 6.43. The fourth-order valence-corrected chi connectivity index (χ4v) is 2.71. The summed E-state index contributed by atoms with van der Waals surface area (Å²) in [5, 5.41) is 8.78. The molecule has 0 saturated carbocycles. The molecule has 0 atom stereocenters. The van der Waals surface area contributed by atoms with Crippen molar-refractivity contribution in [3.05, 3.63) is 87.8 Å². The van der Waals surface area contributed by atoms with Crippen LogP contribution in [0.2, 0.25) is 0 Å². The lowest BCUT2D eigenvalue weighted by molar-refractivity contribution is 0.0828. The van der Waals surface area contributed by atoms with Crippen LogP contribution < -0.4 is 15.6 Å². The number of rotatable bonds is 5. The van der Waals surface area contributed by atoms with Crippen molar-refractivity contribution < 1.29 is 18.7 Å². The molecule has 2 aromatic carbocycles. The first-order chi connectivity index (χ1) is 13.6. The van der Waals surface area contributed by atoms with E-state index in [9.17, 15) is 9.59 Å². The predicted octanol–water partition coefficient (Wildman–Crippen LogP) is 3.57. The van der Waals surface area contributed by atoms with E-state index in [2.05, 4.69) is 26.8 Å². The number of hydrazine groups is 1. The summed E-state index contributed by atoms with van der Waals surface area (Å²) >= 11 is 3.27. The van der Waals surface area contributed by atoms with Crippen molar-refractivity contribution in [2.75, 3.05) is 0 Å². The fraction of sp³-hybridized carbons (Fsp3) is 0.0500. The molecule has 2 N–H and O–H groups in total. The Labute approximate surface area is 169 Å². The molecular weight excluding hydrogens is 426 g/mol. The lowest BCUT2D eigenvalue weighted by Gasteiger charge is -2.07. The van der Waals surface area contributed by atoms with Crippen LogP contribution in [0.1, 0.15) is 32.2 Å². The molecule has 140 valence electrons. The van der Waals surface area contributed by atoms with E-state index in [-0.39, 0.29) is 12.4 Å². The number of ether oxygens (including phenoxy) is 1. The number of carbonyl (C=O) groups is 2. The highest BCUT2D eigenvalue weighted by Crippen LogP contribution is 2.16. The van der Waals surface area contributed by atoms with E-state index in [1.807, 2.05) is 6.07 Å². The van der Waals surface area contributed by atoms with E-state index in [4.69, 9.17) is 14.4 Å². The first-order valence-electron chi connectivity index (χ1n) is 8.13. The molecule has 1 heterocycles. The topological polar surface area (TPSA) is 104 Å².